The van der Waals surface area contributed by atoms with Crippen molar-refractivity contribution in [2.75, 3.05) is 19.8 Å². The van der Waals surface area contributed by atoms with Crippen LogP contribution in [0.15, 0.2) is 24.3 Å². The first-order chi connectivity index (χ1) is 10.1. The summed E-state index contributed by atoms with van der Waals surface area (Å²) in [5.41, 5.74) is 1.14. The van der Waals surface area contributed by atoms with Gasteiger partial charge in [-0.1, -0.05) is 18.2 Å². The molecule has 0 spiro atoms. The Morgan fingerprint density at radius 1 is 1.43 bits per heavy atom. The number of carbonyl (C=O) groups is 1. The maximum absolute atomic E-state index is 11.8. The number of carbonyl (C=O) groups excluding carboxylic acids is 1. The number of nitrogens with one attached hydrogen (secondary N) is 2. The number of para-hydroxylation sites is 1. The zero-order chi connectivity index (χ0) is 15.1. The van der Waals surface area contributed by atoms with Crippen LogP contribution < -0.4 is 15.4 Å². The SMILES string of the molecule is CC(C)OCCCNC(=O)NC1COc2ccccc2C1. The van der Waals surface area contributed by atoms with Crippen LogP contribution in [-0.4, -0.2) is 37.9 Å². The van der Waals surface area contributed by atoms with E-state index in [2.05, 4.69) is 10.6 Å². The molecule has 1 aliphatic heterocycles. The van der Waals surface area contributed by atoms with Gasteiger partial charge in [-0.3, -0.25) is 0 Å². The van der Waals surface area contributed by atoms with E-state index in [4.69, 9.17) is 9.47 Å². The number of benzene rings is 1. The van der Waals surface area contributed by atoms with Crippen LogP contribution in [0.25, 0.3) is 0 Å². The molecule has 0 aromatic heterocycles. The highest BCUT2D eigenvalue weighted by atomic mass is 16.5. The molecule has 2 N–H and O–H groups in total. The average Bonchev–Trinajstić information content (AvgIpc) is 2.46. The van der Waals surface area contributed by atoms with E-state index < -0.39 is 0 Å². The van der Waals surface area contributed by atoms with Gasteiger partial charge >= 0.3 is 6.03 Å². The van der Waals surface area contributed by atoms with Gasteiger partial charge in [0.05, 0.1) is 12.1 Å². The van der Waals surface area contributed by atoms with E-state index in [9.17, 15) is 4.79 Å². The number of fused-ring (bicyclic) bond motifs is 1. The lowest BCUT2D eigenvalue weighted by atomic mass is 10.0. The van der Waals surface area contributed by atoms with Crippen molar-refractivity contribution in [2.24, 2.45) is 0 Å². The number of hydrogen-bond donors (Lipinski definition) is 2. The quantitative estimate of drug-likeness (QED) is 0.789. The van der Waals surface area contributed by atoms with Gasteiger partial charge in [0.1, 0.15) is 12.4 Å². The maximum Gasteiger partial charge on any atom is 0.315 e. The van der Waals surface area contributed by atoms with Crippen molar-refractivity contribution in [3.63, 3.8) is 0 Å². The molecule has 116 valence electrons. The zero-order valence-corrected chi connectivity index (χ0v) is 12.7. The third-order valence-electron chi connectivity index (χ3n) is 3.27. The Bertz CT molecular complexity index is 463. The van der Waals surface area contributed by atoms with Crippen LogP contribution in [0, 0.1) is 0 Å². The molecule has 5 heteroatoms. The molecular formula is C16H24N2O3. The molecule has 0 saturated heterocycles. The summed E-state index contributed by atoms with van der Waals surface area (Å²) < 4.78 is 11.1. The summed E-state index contributed by atoms with van der Waals surface area (Å²) in [6.07, 6.45) is 1.86. The summed E-state index contributed by atoms with van der Waals surface area (Å²) in [5, 5.41) is 5.79. The van der Waals surface area contributed by atoms with Gasteiger partial charge in [-0.2, -0.15) is 0 Å². The van der Waals surface area contributed by atoms with Crippen LogP contribution in [0.2, 0.25) is 0 Å². The van der Waals surface area contributed by atoms with Crippen molar-refractivity contribution in [3.8, 4) is 5.75 Å². The molecule has 2 amide bonds. The summed E-state index contributed by atoms with van der Waals surface area (Å²) in [6.45, 7) is 5.80. The normalized spacial score (nSPS) is 17.0. The van der Waals surface area contributed by atoms with E-state index in [0.717, 1.165) is 24.2 Å². The van der Waals surface area contributed by atoms with E-state index in [-0.39, 0.29) is 18.2 Å². The van der Waals surface area contributed by atoms with Crippen molar-refractivity contribution < 1.29 is 14.3 Å². The van der Waals surface area contributed by atoms with Gasteiger partial charge in [0.2, 0.25) is 0 Å². The Labute approximate surface area is 126 Å². The number of hydrogen-bond acceptors (Lipinski definition) is 3. The molecule has 0 saturated carbocycles. The first-order valence-corrected chi connectivity index (χ1v) is 7.52. The third kappa shape index (κ3) is 5.27. The molecule has 0 fully saturated rings. The predicted molar refractivity (Wildman–Crippen MR) is 81.7 cm³/mol. The predicted octanol–water partition coefficient (Wildman–Crippen LogP) is 2.10. The van der Waals surface area contributed by atoms with Crippen LogP contribution in [0.5, 0.6) is 5.75 Å². The summed E-state index contributed by atoms with van der Waals surface area (Å²) in [7, 11) is 0. The average molecular weight is 292 g/mol. The molecule has 1 aliphatic rings. The van der Waals surface area contributed by atoms with Crippen molar-refractivity contribution in [1.82, 2.24) is 10.6 Å². The van der Waals surface area contributed by atoms with E-state index >= 15 is 0 Å². The first kappa shape index (κ1) is 15.6. The zero-order valence-electron chi connectivity index (χ0n) is 12.7. The van der Waals surface area contributed by atoms with Crippen molar-refractivity contribution >= 4 is 6.03 Å². The molecule has 1 unspecified atom stereocenters. The highest BCUT2D eigenvalue weighted by molar-refractivity contribution is 5.74. The van der Waals surface area contributed by atoms with E-state index in [1.54, 1.807) is 0 Å². The van der Waals surface area contributed by atoms with Crippen LogP contribution >= 0.6 is 0 Å². The lowest BCUT2D eigenvalue weighted by Gasteiger charge is -2.26. The fourth-order valence-corrected chi connectivity index (χ4v) is 2.25. The second-order valence-electron chi connectivity index (χ2n) is 5.49. The molecule has 1 heterocycles. The van der Waals surface area contributed by atoms with Gasteiger partial charge in [0.25, 0.3) is 0 Å². The molecule has 1 atom stereocenters. The molecule has 0 radical (unpaired) electrons. The Kier molecular flexibility index (Phi) is 5.87. The van der Waals surface area contributed by atoms with Crippen LogP contribution in [-0.2, 0) is 11.2 Å². The maximum atomic E-state index is 11.8. The summed E-state index contributed by atoms with van der Waals surface area (Å²) in [4.78, 5) is 11.8. The molecule has 0 bridgehead atoms. The van der Waals surface area contributed by atoms with Crippen LogP contribution in [0.4, 0.5) is 4.79 Å². The van der Waals surface area contributed by atoms with Crippen molar-refractivity contribution in [1.29, 1.82) is 0 Å². The minimum Gasteiger partial charge on any atom is -0.491 e. The van der Waals surface area contributed by atoms with E-state index in [1.165, 1.54) is 0 Å². The summed E-state index contributed by atoms with van der Waals surface area (Å²) >= 11 is 0. The molecule has 21 heavy (non-hydrogen) atoms. The molecule has 1 aromatic rings. The van der Waals surface area contributed by atoms with Gasteiger partial charge in [-0.15, -0.1) is 0 Å². The molecule has 5 nitrogen and oxygen atoms in total. The Morgan fingerprint density at radius 3 is 3.05 bits per heavy atom. The highest BCUT2D eigenvalue weighted by Crippen LogP contribution is 2.23. The van der Waals surface area contributed by atoms with Gasteiger partial charge in [-0.05, 0) is 38.3 Å². The Balaban J connectivity index is 1.65. The van der Waals surface area contributed by atoms with Gasteiger partial charge in [0, 0.05) is 13.2 Å². The molecule has 0 aliphatic carbocycles. The lowest BCUT2D eigenvalue weighted by Crippen LogP contribution is -2.47. The second-order valence-corrected chi connectivity index (χ2v) is 5.49. The minimum absolute atomic E-state index is 0.0202. The lowest BCUT2D eigenvalue weighted by molar-refractivity contribution is 0.0774. The monoisotopic (exact) mass is 292 g/mol. The number of ether oxygens (including phenoxy) is 2. The van der Waals surface area contributed by atoms with Crippen molar-refractivity contribution in [2.45, 2.75) is 38.8 Å². The molecular weight excluding hydrogens is 268 g/mol. The first-order valence-electron chi connectivity index (χ1n) is 7.52. The fraction of sp³-hybridized carbons (Fsp3) is 0.562. The number of amides is 2. The number of urea groups is 1. The van der Waals surface area contributed by atoms with Gasteiger partial charge in [0.15, 0.2) is 0 Å². The summed E-state index contributed by atoms with van der Waals surface area (Å²) in [6, 6.07) is 7.81. The van der Waals surface area contributed by atoms with E-state index in [0.29, 0.717) is 19.8 Å². The Hall–Kier alpha value is -1.75. The standard InChI is InChI=1S/C16H24N2O3/c1-12(2)20-9-5-8-17-16(19)18-14-10-13-6-3-4-7-15(13)21-11-14/h3-4,6-7,12,14H,5,8-11H2,1-2H3,(H2,17,18,19). The Morgan fingerprint density at radius 2 is 2.24 bits per heavy atom. The van der Waals surface area contributed by atoms with Crippen LogP contribution in [0.1, 0.15) is 25.8 Å². The summed E-state index contributed by atoms with van der Waals surface area (Å²) in [5.74, 6) is 0.918. The fourth-order valence-electron chi connectivity index (χ4n) is 2.25. The smallest absolute Gasteiger partial charge is 0.315 e. The second kappa shape index (κ2) is 7.88. The molecule has 1 aromatic carbocycles. The third-order valence-corrected chi connectivity index (χ3v) is 3.27. The number of rotatable bonds is 6. The van der Waals surface area contributed by atoms with Crippen LogP contribution in [0.3, 0.4) is 0 Å². The van der Waals surface area contributed by atoms with E-state index in [1.807, 2.05) is 38.1 Å². The van der Waals surface area contributed by atoms with Crippen molar-refractivity contribution in [3.05, 3.63) is 29.8 Å². The largest absolute Gasteiger partial charge is 0.491 e. The molecule has 2 rings (SSSR count). The minimum atomic E-state index is -0.146. The van der Waals surface area contributed by atoms with Gasteiger partial charge in [-0.25, -0.2) is 4.79 Å². The topological polar surface area (TPSA) is 59.6 Å². The van der Waals surface area contributed by atoms with Gasteiger partial charge < -0.3 is 20.1 Å². The highest BCUT2D eigenvalue weighted by Gasteiger charge is 2.20.